The number of rotatable bonds is 2. The predicted octanol–water partition coefficient (Wildman–Crippen LogP) is 2.52. The first-order valence-electron chi connectivity index (χ1n) is 6.37. The van der Waals surface area contributed by atoms with Crippen molar-refractivity contribution in [3.8, 4) is 0 Å². The zero-order valence-electron chi connectivity index (χ0n) is 10.8. The summed E-state index contributed by atoms with van der Waals surface area (Å²) in [7, 11) is 0. The number of hydrogen-bond donors (Lipinski definition) is 2. The highest BCUT2D eigenvalue weighted by Gasteiger charge is 2.22. The number of piperidine rings is 1. The molecule has 2 unspecified atom stereocenters. The van der Waals surface area contributed by atoms with Crippen LogP contribution in [0.4, 0.5) is 0 Å². The monoisotopic (exact) mass is 266 g/mol. The van der Waals surface area contributed by atoms with Gasteiger partial charge in [0.1, 0.15) is 0 Å². The molecule has 4 heteroatoms. The van der Waals surface area contributed by atoms with Gasteiger partial charge in [0.25, 0.3) is 5.91 Å². The van der Waals surface area contributed by atoms with Crippen LogP contribution in [-0.4, -0.2) is 24.5 Å². The summed E-state index contributed by atoms with van der Waals surface area (Å²) < 4.78 is 0. The molecular weight excluding hydrogens is 248 g/mol. The van der Waals surface area contributed by atoms with Crippen molar-refractivity contribution in [1.29, 1.82) is 0 Å². The molecule has 1 amide bonds. The molecule has 2 rings (SSSR count). The highest BCUT2D eigenvalue weighted by molar-refractivity contribution is 6.31. The van der Waals surface area contributed by atoms with Gasteiger partial charge in [-0.3, -0.25) is 4.79 Å². The molecule has 0 aliphatic carbocycles. The minimum atomic E-state index is -0.0406. The number of carbonyl (C=O) groups is 1. The molecule has 0 saturated carbocycles. The van der Waals surface area contributed by atoms with Crippen molar-refractivity contribution in [2.24, 2.45) is 0 Å². The van der Waals surface area contributed by atoms with Gasteiger partial charge in [0, 0.05) is 22.7 Å². The van der Waals surface area contributed by atoms with Gasteiger partial charge in [-0.1, -0.05) is 11.6 Å². The summed E-state index contributed by atoms with van der Waals surface area (Å²) in [5.41, 5.74) is 1.64. The van der Waals surface area contributed by atoms with E-state index in [-0.39, 0.29) is 11.9 Å². The Hall–Kier alpha value is -1.06. The fraction of sp³-hybridized carbons (Fsp3) is 0.500. The highest BCUT2D eigenvalue weighted by atomic mass is 35.5. The minimum absolute atomic E-state index is 0.0406. The van der Waals surface area contributed by atoms with Crippen LogP contribution in [0.1, 0.15) is 35.7 Å². The van der Waals surface area contributed by atoms with Crippen molar-refractivity contribution >= 4 is 17.5 Å². The number of carbonyl (C=O) groups excluding carboxylic acids is 1. The maximum Gasteiger partial charge on any atom is 0.251 e. The molecule has 2 atom stereocenters. The van der Waals surface area contributed by atoms with Crippen LogP contribution in [0.15, 0.2) is 18.2 Å². The molecule has 1 aromatic rings. The number of amides is 1. The third-order valence-corrected chi connectivity index (χ3v) is 3.60. The van der Waals surface area contributed by atoms with E-state index in [9.17, 15) is 4.79 Å². The van der Waals surface area contributed by atoms with Crippen LogP contribution < -0.4 is 10.6 Å². The smallest absolute Gasteiger partial charge is 0.251 e. The van der Waals surface area contributed by atoms with Crippen molar-refractivity contribution in [3.05, 3.63) is 34.3 Å². The molecule has 1 saturated heterocycles. The van der Waals surface area contributed by atoms with Gasteiger partial charge in [0.15, 0.2) is 0 Å². The predicted molar refractivity (Wildman–Crippen MR) is 74.1 cm³/mol. The lowest BCUT2D eigenvalue weighted by Crippen LogP contribution is -2.51. The summed E-state index contributed by atoms with van der Waals surface area (Å²) in [5.74, 6) is -0.0406. The second-order valence-corrected chi connectivity index (χ2v) is 5.42. The lowest BCUT2D eigenvalue weighted by Gasteiger charge is -2.30. The van der Waals surface area contributed by atoms with E-state index in [0.717, 1.165) is 24.9 Å². The van der Waals surface area contributed by atoms with E-state index in [1.54, 1.807) is 6.07 Å². The molecule has 1 aliphatic heterocycles. The molecule has 1 aliphatic rings. The Morgan fingerprint density at radius 1 is 1.44 bits per heavy atom. The quantitative estimate of drug-likeness (QED) is 0.864. The minimum Gasteiger partial charge on any atom is -0.348 e. The van der Waals surface area contributed by atoms with Gasteiger partial charge >= 0.3 is 0 Å². The number of hydrogen-bond acceptors (Lipinski definition) is 2. The number of aryl methyl sites for hydroxylation is 1. The number of halogens is 1. The zero-order valence-corrected chi connectivity index (χ0v) is 11.6. The molecule has 98 valence electrons. The van der Waals surface area contributed by atoms with Crippen LogP contribution in [0, 0.1) is 6.92 Å². The Bertz CT molecular complexity index is 427. The summed E-state index contributed by atoms with van der Waals surface area (Å²) >= 11 is 5.97. The van der Waals surface area contributed by atoms with Crippen molar-refractivity contribution in [1.82, 2.24) is 10.6 Å². The molecular formula is C14H19ClN2O. The third-order valence-electron chi connectivity index (χ3n) is 3.38. The van der Waals surface area contributed by atoms with Gasteiger partial charge in [-0.15, -0.1) is 0 Å². The average Bonchev–Trinajstić information content (AvgIpc) is 2.31. The Labute approximate surface area is 113 Å². The van der Waals surface area contributed by atoms with Crippen LogP contribution in [0.5, 0.6) is 0 Å². The van der Waals surface area contributed by atoms with Gasteiger partial charge < -0.3 is 10.6 Å². The van der Waals surface area contributed by atoms with E-state index < -0.39 is 0 Å². The lowest BCUT2D eigenvalue weighted by atomic mass is 9.99. The van der Waals surface area contributed by atoms with Crippen LogP contribution in [0.2, 0.25) is 5.02 Å². The molecule has 0 bridgehead atoms. The molecule has 0 radical (unpaired) electrons. The van der Waals surface area contributed by atoms with Gasteiger partial charge in [-0.2, -0.15) is 0 Å². The molecule has 1 aromatic carbocycles. The zero-order chi connectivity index (χ0) is 13.1. The molecule has 3 nitrogen and oxygen atoms in total. The fourth-order valence-corrected chi connectivity index (χ4v) is 2.65. The Balaban J connectivity index is 2.06. The summed E-state index contributed by atoms with van der Waals surface area (Å²) in [6, 6.07) is 5.95. The van der Waals surface area contributed by atoms with Crippen LogP contribution in [0.3, 0.4) is 0 Å². The summed E-state index contributed by atoms with van der Waals surface area (Å²) in [6.07, 6.45) is 2.13. The maximum atomic E-state index is 12.2. The number of nitrogens with one attached hydrogen (secondary N) is 2. The SMILES string of the molecule is Cc1cc(Cl)cc(C(=O)NC2CCCNC2C)c1. The summed E-state index contributed by atoms with van der Waals surface area (Å²) in [5, 5.41) is 7.06. The Morgan fingerprint density at radius 3 is 2.89 bits per heavy atom. The van der Waals surface area contributed by atoms with E-state index in [4.69, 9.17) is 11.6 Å². The molecule has 1 fully saturated rings. The van der Waals surface area contributed by atoms with Crippen LogP contribution in [0.25, 0.3) is 0 Å². The van der Waals surface area contributed by atoms with E-state index >= 15 is 0 Å². The van der Waals surface area contributed by atoms with Gasteiger partial charge in [-0.25, -0.2) is 0 Å². The molecule has 1 heterocycles. The second kappa shape index (κ2) is 5.72. The van der Waals surface area contributed by atoms with Crippen molar-refractivity contribution in [2.45, 2.75) is 38.8 Å². The van der Waals surface area contributed by atoms with E-state index in [2.05, 4.69) is 17.6 Å². The second-order valence-electron chi connectivity index (χ2n) is 4.98. The van der Waals surface area contributed by atoms with Gasteiger partial charge in [0.05, 0.1) is 0 Å². The topological polar surface area (TPSA) is 41.1 Å². The summed E-state index contributed by atoms with van der Waals surface area (Å²) in [6.45, 7) is 5.07. The van der Waals surface area contributed by atoms with E-state index in [1.165, 1.54) is 0 Å². The molecule has 0 aromatic heterocycles. The first-order chi connectivity index (χ1) is 8.56. The Morgan fingerprint density at radius 2 is 2.22 bits per heavy atom. The lowest BCUT2D eigenvalue weighted by molar-refractivity contribution is 0.0920. The number of benzene rings is 1. The standard InChI is InChI=1S/C14H19ClN2O/c1-9-6-11(8-12(15)7-9)14(18)17-13-4-3-5-16-10(13)2/h6-8,10,13,16H,3-5H2,1-2H3,(H,17,18). The van der Waals surface area contributed by atoms with Crippen LogP contribution >= 0.6 is 11.6 Å². The van der Waals surface area contributed by atoms with Crippen molar-refractivity contribution < 1.29 is 4.79 Å². The largest absolute Gasteiger partial charge is 0.348 e. The van der Waals surface area contributed by atoms with Crippen molar-refractivity contribution in [2.75, 3.05) is 6.54 Å². The molecule has 18 heavy (non-hydrogen) atoms. The van der Waals surface area contributed by atoms with E-state index in [1.807, 2.05) is 19.1 Å². The third kappa shape index (κ3) is 3.24. The molecule has 2 N–H and O–H groups in total. The fourth-order valence-electron chi connectivity index (χ4n) is 2.36. The van der Waals surface area contributed by atoms with Crippen LogP contribution in [-0.2, 0) is 0 Å². The first-order valence-corrected chi connectivity index (χ1v) is 6.75. The van der Waals surface area contributed by atoms with E-state index in [0.29, 0.717) is 16.6 Å². The highest BCUT2D eigenvalue weighted by Crippen LogP contribution is 2.15. The average molecular weight is 267 g/mol. The molecule has 0 spiro atoms. The maximum absolute atomic E-state index is 12.2. The van der Waals surface area contributed by atoms with Gasteiger partial charge in [0.2, 0.25) is 0 Å². The van der Waals surface area contributed by atoms with Crippen molar-refractivity contribution in [3.63, 3.8) is 0 Å². The normalized spacial score (nSPS) is 23.7. The first kappa shape index (κ1) is 13.4. The Kier molecular flexibility index (Phi) is 4.25. The summed E-state index contributed by atoms with van der Waals surface area (Å²) in [4.78, 5) is 12.2. The van der Waals surface area contributed by atoms with Gasteiger partial charge in [-0.05, 0) is 57.0 Å².